The molecule has 4 rings (SSSR count). The van der Waals surface area contributed by atoms with Crippen molar-refractivity contribution < 1.29 is 17.9 Å². The molecule has 0 atom stereocenters. The molecule has 10 heteroatoms. The lowest BCUT2D eigenvalue weighted by Gasteiger charge is -2.27. The Morgan fingerprint density at radius 1 is 1.06 bits per heavy atom. The Bertz CT molecular complexity index is 1040. The zero-order valence-electron chi connectivity index (χ0n) is 16.6. The Morgan fingerprint density at radius 3 is 2.58 bits per heavy atom. The average Bonchev–Trinajstić information content (AvgIpc) is 2.78. The molecule has 0 aliphatic carbocycles. The number of hydrogen-bond donors (Lipinski definition) is 2. The first-order valence-corrected chi connectivity index (χ1v) is 9.72. The minimum absolute atomic E-state index is 0.0568. The smallest absolute Gasteiger partial charge is 0.378 e. The van der Waals surface area contributed by atoms with Crippen molar-refractivity contribution in [3.63, 3.8) is 0 Å². The number of aromatic nitrogens is 3. The number of morpholine rings is 1. The van der Waals surface area contributed by atoms with Crippen LogP contribution in [0.15, 0.2) is 48.7 Å². The van der Waals surface area contributed by atoms with Gasteiger partial charge in [0.2, 0.25) is 5.95 Å². The lowest BCUT2D eigenvalue weighted by molar-refractivity contribution is -0.137. The minimum Gasteiger partial charge on any atom is -0.378 e. The molecule has 162 valence electrons. The van der Waals surface area contributed by atoms with Crippen molar-refractivity contribution in [2.75, 3.05) is 42.3 Å². The van der Waals surface area contributed by atoms with Gasteiger partial charge in [-0.2, -0.15) is 18.2 Å². The second-order valence-corrected chi connectivity index (χ2v) is 7.05. The van der Waals surface area contributed by atoms with Crippen LogP contribution in [0.2, 0.25) is 0 Å². The number of rotatable bonds is 5. The van der Waals surface area contributed by atoms with E-state index in [0.717, 1.165) is 36.6 Å². The molecule has 2 aromatic heterocycles. The quantitative estimate of drug-likeness (QED) is 0.639. The van der Waals surface area contributed by atoms with E-state index in [4.69, 9.17) is 10.5 Å². The van der Waals surface area contributed by atoms with Crippen molar-refractivity contribution in [1.82, 2.24) is 15.0 Å². The first kappa shape index (κ1) is 20.9. The maximum atomic E-state index is 12.9. The number of benzene rings is 1. The Hall–Kier alpha value is -3.40. The van der Waals surface area contributed by atoms with Gasteiger partial charge in [-0.3, -0.25) is 0 Å². The van der Waals surface area contributed by atoms with Gasteiger partial charge in [0, 0.05) is 37.5 Å². The fraction of sp³-hybridized carbons (Fsp3) is 0.286. The zero-order chi connectivity index (χ0) is 21.8. The molecule has 1 aliphatic heterocycles. The van der Waals surface area contributed by atoms with E-state index in [-0.39, 0.29) is 12.5 Å². The van der Waals surface area contributed by atoms with Gasteiger partial charge < -0.3 is 20.7 Å². The second-order valence-electron chi connectivity index (χ2n) is 7.05. The first-order valence-electron chi connectivity index (χ1n) is 9.72. The summed E-state index contributed by atoms with van der Waals surface area (Å²) in [7, 11) is 0. The summed E-state index contributed by atoms with van der Waals surface area (Å²) in [6.45, 7) is 3.08. The van der Waals surface area contributed by atoms with E-state index in [0.29, 0.717) is 30.3 Å². The summed E-state index contributed by atoms with van der Waals surface area (Å²) in [6.07, 6.45) is -2.67. The predicted molar refractivity (Wildman–Crippen MR) is 111 cm³/mol. The zero-order valence-corrected chi connectivity index (χ0v) is 16.6. The Labute approximate surface area is 177 Å². The van der Waals surface area contributed by atoms with Gasteiger partial charge in [-0.15, -0.1) is 0 Å². The molecule has 0 radical (unpaired) electrons. The monoisotopic (exact) mass is 430 g/mol. The number of alkyl halides is 3. The number of nitrogens with two attached hydrogens (primary N) is 1. The van der Waals surface area contributed by atoms with Crippen LogP contribution in [0.5, 0.6) is 0 Å². The van der Waals surface area contributed by atoms with E-state index in [1.807, 2.05) is 12.1 Å². The number of nitrogens with zero attached hydrogens (tertiary/aromatic N) is 4. The second kappa shape index (κ2) is 8.76. The van der Waals surface area contributed by atoms with Crippen LogP contribution in [0.4, 0.5) is 30.8 Å². The molecule has 1 aromatic carbocycles. The first-order chi connectivity index (χ1) is 14.9. The summed E-state index contributed by atoms with van der Waals surface area (Å²) in [5, 5.41) is 3.01. The summed E-state index contributed by atoms with van der Waals surface area (Å²) in [5.74, 6) is 1.33. The Balaban J connectivity index is 1.48. The van der Waals surface area contributed by atoms with Crippen LogP contribution < -0.4 is 16.0 Å². The molecule has 1 fully saturated rings. The number of nitrogen functional groups attached to an aromatic ring is 1. The molecule has 0 unspecified atom stereocenters. The van der Waals surface area contributed by atoms with Gasteiger partial charge in [0.1, 0.15) is 11.6 Å². The van der Waals surface area contributed by atoms with E-state index in [1.54, 1.807) is 18.3 Å². The number of nitrogens with one attached hydrogen (secondary N) is 1. The molecule has 0 saturated carbocycles. The predicted octanol–water partition coefficient (Wildman–Crippen LogP) is 3.59. The van der Waals surface area contributed by atoms with Gasteiger partial charge >= 0.3 is 6.18 Å². The van der Waals surface area contributed by atoms with E-state index in [2.05, 4.69) is 25.2 Å². The van der Waals surface area contributed by atoms with Crippen LogP contribution in [-0.2, 0) is 17.5 Å². The average molecular weight is 430 g/mol. The molecule has 3 aromatic rings. The third-order valence-electron chi connectivity index (χ3n) is 4.85. The summed E-state index contributed by atoms with van der Waals surface area (Å²) < 4.78 is 44.1. The van der Waals surface area contributed by atoms with Gasteiger partial charge in [0.05, 0.1) is 24.5 Å². The lowest BCUT2D eigenvalue weighted by Crippen LogP contribution is -2.36. The standard InChI is InChI=1S/C21H21F3N6O/c22-21(23,24)16-3-1-2-14(10-16)12-26-18-11-17(28-20(25)29-18)15-4-5-19(27-13-15)30-6-8-31-9-7-30/h1-5,10-11,13H,6-9,12H2,(H3,25,26,28,29). The van der Waals surface area contributed by atoms with Gasteiger partial charge in [-0.1, -0.05) is 12.1 Å². The largest absolute Gasteiger partial charge is 0.416 e. The number of pyridine rings is 1. The minimum atomic E-state index is -4.39. The van der Waals surface area contributed by atoms with Crippen molar-refractivity contribution in [3.8, 4) is 11.3 Å². The molecule has 31 heavy (non-hydrogen) atoms. The van der Waals surface area contributed by atoms with Gasteiger partial charge in [0.25, 0.3) is 0 Å². The molecule has 0 spiro atoms. The van der Waals surface area contributed by atoms with Crippen LogP contribution in [0.3, 0.4) is 0 Å². The number of ether oxygens (including phenoxy) is 1. The number of hydrogen-bond acceptors (Lipinski definition) is 7. The van der Waals surface area contributed by atoms with Crippen LogP contribution in [0.25, 0.3) is 11.3 Å². The number of anilines is 3. The molecular formula is C21H21F3N6O. The van der Waals surface area contributed by atoms with Gasteiger partial charge in [-0.25, -0.2) is 9.97 Å². The molecule has 3 heterocycles. The van der Waals surface area contributed by atoms with Crippen LogP contribution in [0, 0.1) is 0 Å². The highest BCUT2D eigenvalue weighted by Gasteiger charge is 2.30. The van der Waals surface area contributed by atoms with Crippen LogP contribution >= 0.6 is 0 Å². The third kappa shape index (κ3) is 5.21. The topological polar surface area (TPSA) is 89.2 Å². The maximum Gasteiger partial charge on any atom is 0.416 e. The normalized spacial score (nSPS) is 14.5. The molecular weight excluding hydrogens is 409 g/mol. The van der Waals surface area contributed by atoms with Crippen molar-refractivity contribution in [1.29, 1.82) is 0 Å². The fourth-order valence-electron chi connectivity index (χ4n) is 3.27. The highest BCUT2D eigenvalue weighted by atomic mass is 19.4. The van der Waals surface area contributed by atoms with Gasteiger partial charge in [-0.05, 0) is 29.8 Å². The van der Waals surface area contributed by atoms with E-state index < -0.39 is 11.7 Å². The highest BCUT2D eigenvalue weighted by Crippen LogP contribution is 2.30. The van der Waals surface area contributed by atoms with E-state index >= 15 is 0 Å². The highest BCUT2D eigenvalue weighted by molar-refractivity contribution is 5.64. The lowest BCUT2D eigenvalue weighted by atomic mass is 10.1. The van der Waals surface area contributed by atoms with Crippen molar-refractivity contribution in [3.05, 3.63) is 59.8 Å². The van der Waals surface area contributed by atoms with E-state index in [9.17, 15) is 13.2 Å². The number of halogens is 3. The third-order valence-corrected chi connectivity index (χ3v) is 4.85. The molecule has 0 bridgehead atoms. The fourth-order valence-corrected chi connectivity index (χ4v) is 3.27. The maximum absolute atomic E-state index is 12.9. The van der Waals surface area contributed by atoms with Gasteiger partial charge in [0.15, 0.2) is 0 Å². The van der Waals surface area contributed by atoms with Crippen LogP contribution in [0.1, 0.15) is 11.1 Å². The van der Waals surface area contributed by atoms with E-state index in [1.165, 1.54) is 6.07 Å². The van der Waals surface area contributed by atoms with Crippen molar-refractivity contribution >= 4 is 17.6 Å². The summed E-state index contributed by atoms with van der Waals surface area (Å²) in [5.41, 5.74) is 6.95. The molecule has 0 amide bonds. The SMILES string of the molecule is Nc1nc(NCc2cccc(C(F)(F)F)c2)cc(-c2ccc(N3CCOCC3)nc2)n1. The summed E-state index contributed by atoms with van der Waals surface area (Å²) >= 11 is 0. The Kier molecular flexibility index (Phi) is 5.90. The van der Waals surface area contributed by atoms with Crippen molar-refractivity contribution in [2.24, 2.45) is 0 Å². The van der Waals surface area contributed by atoms with Crippen LogP contribution in [-0.4, -0.2) is 41.3 Å². The Morgan fingerprint density at radius 2 is 1.87 bits per heavy atom. The summed E-state index contributed by atoms with van der Waals surface area (Å²) in [6, 6.07) is 10.6. The molecule has 1 aliphatic rings. The molecule has 1 saturated heterocycles. The molecule has 3 N–H and O–H groups in total. The van der Waals surface area contributed by atoms with Crippen molar-refractivity contribution in [2.45, 2.75) is 12.7 Å². The molecule has 7 nitrogen and oxygen atoms in total. The summed E-state index contributed by atoms with van der Waals surface area (Å²) in [4.78, 5) is 15.0.